The van der Waals surface area contributed by atoms with E-state index in [2.05, 4.69) is 0 Å². The van der Waals surface area contributed by atoms with Crippen LogP contribution in [0.15, 0.2) is 59.5 Å². The molecule has 1 fully saturated rings. The number of amides is 2. The molecule has 0 saturated carbocycles. The highest BCUT2D eigenvalue weighted by molar-refractivity contribution is 8.18. The fourth-order valence-electron chi connectivity index (χ4n) is 2.47. The molecule has 0 aromatic heterocycles. The lowest BCUT2D eigenvalue weighted by Gasteiger charge is -2.12. The molecule has 0 bridgehead atoms. The van der Waals surface area contributed by atoms with E-state index in [1.54, 1.807) is 6.08 Å². The molecule has 2 amide bonds. The third-order valence-corrected chi connectivity index (χ3v) is 4.51. The highest BCUT2D eigenvalue weighted by Crippen LogP contribution is 2.33. The largest absolute Gasteiger partial charge is 0.491 e. The van der Waals surface area contributed by atoms with Gasteiger partial charge in [0.15, 0.2) is 0 Å². The summed E-state index contributed by atoms with van der Waals surface area (Å²) in [6, 6.07) is 17.0. The van der Waals surface area contributed by atoms with Gasteiger partial charge in [0.2, 0.25) is 0 Å². The van der Waals surface area contributed by atoms with Crippen molar-refractivity contribution in [3.8, 4) is 5.75 Å². The molecule has 4 nitrogen and oxygen atoms in total. The second kappa shape index (κ2) is 7.57. The number of benzene rings is 2. The van der Waals surface area contributed by atoms with Crippen LogP contribution in [-0.4, -0.2) is 22.2 Å². The third kappa shape index (κ3) is 4.31. The molecule has 0 atom stereocenters. The Bertz CT molecular complexity index is 797. The van der Waals surface area contributed by atoms with Crippen molar-refractivity contribution in [2.45, 2.75) is 26.5 Å². The summed E-state index contributed by atoms with van der Waals surface area (Å²) < 4.78 is 5.61. The molecule has 0 N–H and O–H groups in total. The summed E-state index contributed by atoms with van der Waals surface area (Å²) in [4.78, 5) is 26.4. The second-order valence-electron chi connectivity index (χ2n) is 5.99. The molecule has 1 aliphatic rings. The average Bonchev–Trinajstić information content (AvgIpc) is 2.85. The van der Waals surface area contributed by atoms with Gasteiger partial charge < -0.3 is 4.74 Å². The quantitative estimate of drug-likeness (QED) is 0.730. The zero-order valence-corrected chi connectivity index (χ0v) is 15.0. The minimum atomic E-state index is -0.249. The first kappa shape index (κ1) is 17.3. The van der Waals surface area contributed by atoms with Crippen LogP contribution in [0.3, 0.4) is 0 Å². The van der Waals surface area contributed by atoms with Crippen LogP contribution in [0.1, 0.15) is 25.0 Å². The van der Waals surface area contributed by atoms with Crippen LogP contribution in [0, 0.1) is 0 Å². The Labute approximate surface area is 151 Å². The Balaban J connectivity index is 1.73. The van der Waals surface area contributed by atoms with Gasteiger partial charge in [-0.05, 0) is 54.9 Å². The molecule has 25 heavy (non-hydrogen) atoms. The second-order valence-corrected chi connectivity index (χ2v) is 6.98. The number of nitrogens with zero attached hydrogens (tertiary/aromatic N) is 1. The standard InChI is InChI=1S/C20H19NO3S/c1-14(2)24-17-10-8-15(9-11-17)12-18-19(22)21(20(23)25-18)13-16-6-4-3-5-7-16/h3-12,14H,13H2,1-2H3/b18-12+. The van der Waals surface area contributed by atoms with Crippen molar-refractivity contribution in [2.75, 3.05) is 0 Å². The maximum Gasteiger partial charge on any atom is 0.293 e. The number of carbonyl (C=O) groups is 2. The number of rotatable bonds is 5. The van der Waals surface area contributed by atoms with Gasteiger partial charge in [0.05, 0.1) is 17.6 Å². The zero-order chi connectivity index (χ0) is 17.8. The molecule has 128 valence electrons. The summed E-state index contributed by atoms with van der Waals surface area (Å²) in [7, 11) is 0. The monoisotopic (exact) mass is 353 g/mol. The molecule has 2 aromatic rings. The summed E-state index contributed by atoms with van der Waals surface area (Å²) in [5.41, 5.74) is 1.79. The molecule has 1 aliphatic heterocycles. The van der Waals surface area contributed by atoms with Gasteiger partial charge in [-0.25, -0.2) is 0 Å². The fourth-order valence-corrected chi connectivity index (χ4v) is 3.31. The van der Waals surface area contributed by atoms with Crippen LogP contribution in [0.4, 0.5) is 4.79 Å². The Kier molecular flexibility index (Phi) is 5.24. The Morgan fingerprint density at radius 2 is 1.72 bits per heavy atom. The smallest absolute Gasteiger partial charge is 0.293 e. The first-order valence-electron chi connectivity index (χ1n) is 8.09. The molecule has 2 aromatic carbocycles. The maximum absolute atomic E-state index is 12.5. The first-order chi connectivity index (χ1) is 12.0. The molecule has 1 saturated heterocycles. The molecule has 3 rings (SSSR count). The fraction of sp³-hybridized carbons (Fsp3) is 0.200. The van der Waals surface area contributed by atoms with E-state index in [0.717, 1.165) is 28.6 Å². The number of imide groups is 1. The van der Waals surface area contributed by atoms with Gasteiger partial charge >= 0.3 is 0 Å². The third-order valence-electron chi connectivity index (χ3n) is 3.61. The minimum absolute atomic E-state index is 0.111. The first-order valence-corrected chi connectivity index (χ1v) is 8.90. The van der Waals surface area contributed by atoms with Crippen LogP contribution in [0.5, 0.6) is 5.75 Å². The predicted molar refractivity (Wildman–Crippen MR) is 100 cm³/mol. The van der Waals surface area contributed by atoms with Crippen molar-refractivity contribution in [3.63, 3.8) is 0 Å². The van der Waals surface area contributed by atoms with E-state index in [9.17, 15) is 9.59 Å². The van der Waals surface area contributed by atoms with Gasteiger partial charge in [-0.15, -0.1) is 0 Å². The zero-order valence-electron chi connectivity index (χ0n) is 14.1. The van der Waals surface area contributed by atoms with Crippen molar-refractivity contribution in [2.24, 2.45) is 0 Å². The molecular formula is C20H19NO3S. The summed E-state index contributed by atoms with van der Waals surface area (Å²) in [5.74, 6) is 0.533. The van der Waals surface area contributed by atoms with Gasteiger partial charge in [0, 0.05) is 0 Å². The van der Waals surface area contributed by atoms with E-state index in [1.165, 1.54) is 4.90 Å². The highest BCUT2D eigenvalue weighted by Gasteiger charge is 2.34. The van der Waals surface area contributed by atoms with Gasteiger partial charge in [-0.1, -0.05) is 42.5 Å². The van der Waals surface area contributed by atoms with Gasteiger partial charge in [-0.3, -0.25) is 14.5 Å². The lowest BCUT2D eigenvalue weighted by molar-refractivity contribution is -0.123. The molecule has 1 heterocycles. The summed E-state index contributed by atoms with van der Waals surface area (Å²) in [5, 5.41) is -0.236. The Morgan fingerprint density at radius 3 is 2.36 bits per heavy atom. The van der Waals surface area contributed by atoms with E-state index in [0.29, 0.717) is 11.4 Å². The minimum Gasteiger partial charge on any atom is -0.491 e. The lowest BCUT2D eigenvalue weighted by atomic mass is 10.2. The Morgan fingerprint density at radius 1 is 1.04 bits per heavy atom. The number of ether oxygens (including phenoxy) is 1. The number of carbonyl (C=O) groups excluding carboxylic acids is 2. The van der Waals surface area contributed by atoms with E-state index < -0.39 is 0 Å². The van der Waals surface area contributed by atoms with Gasteiger partial charge in [0.1, 0.15) is 5.75 Å². The Hall–Kier alpha value is -2.53. The SMILES string of the molecule is CC(C)Oc1ccc(/C=C2/SC(=O)N(Cc3ccccc3)C2=O)cc1. The average molecular weight is 353 g/mol. The van der Waals surface area contributed by atoms with E-state index in [-0.39, 0.29) is 17.3 Å². The molecule has 0 spiro atoms. The lowest BCUT2D eigenvalue weighted by Crippen LogP contribution is -2.27. The summed E-state index contributed by atoms with van der Waals surface area (Å²) >= 11 is 0.978. The van der Waals surface area contributed by atoms with Crippen LogP contribution in [0.2, 0.25) is 0 Å². The topological polar surface area (TPSA) is 46.6 Å². The van der Waals surface area contributed by atoms with E-state index in [1.807, 2.05) is 68.4 Å². The van der Waals surface area contributed by atoms with Crippen molar-refractivity contribution < 1.29 is 14.3 Å². The molecule has 5 heteroatoms. The van der Waals surface area contributed by atoms with Crippen LogP contribution in [0.25, 0.3) is 6.08 Å². The summed E-state index contributed by atoms with van der Waals surface area (Å²) in [6.07, 6.45) is 1.86. The normalized spacial score (nSPS) is 16.1. The van der Waals surface area contributed by atoms with Gasteiger partial charge in [-0.2, -0.15) is 0 Å². The molecule has 0 aliphatic carbocycles. The van der Waals surface area contributed by atoms with Crippen molar-refractivity contribution in [1.82, 2.24) is 4.90 Å². The maximum atomic E-state index is 12.5. The molecule has 0 unspecified atom stereocenters. The summed E-state index contributed by atoms with van der Waals surface area (Å²) in [6.45, 7) is 4.23. The van der Waals surface area contributed by atoms with Crippen LogP contribution < -0.4 is 4.74 Å². The van der Waals surface area contributed by atoms with Crippen molar-refractivity contribution >= 4 is 29.0 Å². The molecule has 0 radical (unpaired) electrons. The van der Waals surface area contributed by atoms with Crippen LogP contribution in [-0.2, 0) is 11.3 Å². The van der Waals surface area contributed by atoms with E-state index >= 15 is 0 Å². The van der Waals surface area contributed by atoms with Crippen molar-refractivity contribution in [3.05, 3.63) is 70.6 Å². The van der Waals surface area contributed by atoms with Gasteiger partial charge in [0.25, 0.3) is 11.1 Å². The van der Waals surface area contributed by atoms with Crippen molar-refractivity contribution in [1.29, 1.82) is 0 Å². The highest BCUT2D eigenvalue weighted by atomic mass is 32.2. The molecular weight excluding hydrogens is 334 g/mol. The predicted octanol–water partition coefficient (Wildman–Crippen LogP) is 4.71. The van der Waals surface area contributed by atoms with E-state index in [4.69, 9.17) is 4.74 Å². The number of hydrogen-bond donors (Lipinski definition) is 0. The van der Waals surface area contributed by atoms with Crippen LogP contribution >= 0.6 is 11.8 Å². The number of thioether (sulfide) groups is 1. The number of hydrogen-bond acceptors (Lipinski definition) is 4.